The third kappa shape index (κ3) is 5.81. The molecular formula is C15H21FN2O3. The quantitative estimate of drug-likeness (QED) is 0.812. The highest BCUT2D eigenvalue weighted by atomic mass is 19.1. The fourth-order valence-corrected chi connectivity index (χ4v) is 1.86. The van der Waals surface area contributed by atoms with Crippen LogP contribution >= 0.6 is 0 Å². The van der Waals surface area contributed by atoms with Crippen molar-refractivity contribution in [3.63, 3.8) is 0 Å². The van der Waals surface area contributed by atoms with Gasteiger partial charge in [-0.3, -0.25) is 0 Å². The minimum atomic E-state index is -1.04. The SMILES string of the molecule is CCCCC(NC(=O)N(C)Cc1ccc(F)cc1)C(=O)O. The lowest BCUT2D eigenvalue weighted by molar-refractivity contribution is -0.139. The van der Waals surface area contributed by atoms with Crippen LogP contribution in [0.25, 0.3) is 0 Å². The van der Waals surface area contributed by atoms with Gasteiger partial charge in [-0.15, -0.1) is 0 Å². The van der Waals surface area contributed by atoms with Gasteiger partial charge in [-0.05, 0) is 24.1 Å². The zero-order chi connectivity index (χ0) is 15.8. The maximum absolute atomic E-state index is 12.8. The molecule has 0 bridgehead atoms. The van der Waals surface area contributed by atoms with Gasteiger partial charge in [-0.1, -0.05) is 31.9 Å². The molecule has 6 heteroatoms. The number of nitrogens with zero attached hydrogens (tertiary/aromatic N) is 1. The number of nitrogens with one attached hydrogen (secondary N) is 1. The molecule has 0 aliphatic heterocycles. The van der Waals surface area contributed by atoms with Crippen LogP contribution in [0.2, 0.25) is 0 Å². The summed E-state index contributed by atoms with van der Waals surface area (Å²) in [4.78, 5) is 24.4. The van der Waals surface area contributed by atoms with E-state index in [0.29, 0.717) is 6.42 Å². The lowest BCUT2D eigenvalue weighted by atomic mass is 10.1. The number of carbonyl (C=O) groups is 2. The van der Waals surface area contributed by atoms with E-state index < -0.39 is 18.0 Å². The molecule has 0 saturated carbocycles. The maximum Gasteiger partial charge on any atom is 0.326 e. The Morgan fingerprint density at radius 3 is 2.48 bits per heavy atom. The van der Waals surface area contributed by atoms with E-state index in [1.807, 2.05) is 6.92 Å². The first kappa shape index (κ1) is 16.9. The molecule has 21 heavy (non-hydrogen) atoms. The molecule has 2 N–H and O–H groups in total. The number of carboxylic acids is 1. The van der Waals surface area contributed by atoms with Crippen molar-refractivity contribution in [3.05, 3.63) is 35.6 Å². The number of hydrogen-bond donors (Lipinski definition) is 2. The van der Waals surface area contributed by atoms with Crippen molar-refractivity contribution in [2.45, 2.75) is 38.8 Å². The molecule has 0 fully saturated rings. The van der Waals surface area contributed by atoms with Crippen molar-refractivity contribution >= 4 is 12.0 Å². The molecule has 1 aromatic rings. The molecule has 0 spiro atoms. The van der Waals surface area contributed by atoms with Crippen LogP contribution in [0, 0.1) is 5.82 Å². The number of carbonyl (C=O) groups excluding carboxylic acids is 1. The fraction of sp³-hybridized carbons (Fsp3) is 0.467. The second kappa shape index (κ2) is 8.24. The molecule has 1 aromatic carbocycles. The predicted molar refractivity (Wildman–Crippen MR) is 77.3 cm³/mol. The van der Waals surface area contributed by atoms with E-state index in [1.165, 1.54) is 17.0 Å². The monoisotopic (exact) mass is 296 g/mol. The summed E-state index contributed by atoms with van der Waals surface area (Å²) in [5.74, 6) is -1.37. The zero-order valence-corrected chi connectivity index (χ0v) is 12.3. The van der Waals surface area contributed by atoms with Crippen molar-refractivity contribution in [2.75, 3.05) is 7.05 Å². The Morgan fingerprint density at radius 1 is 1.33 bits per heavy atom. The van der Waals surface area contributed by atoms with Crippen LogP contribution in [0.5, 0.6) is 0 Å². The number of unbranched alkanes of at least 4 members (excludes halogenated alkanes) is 1. The van der Waals surface area contributed by atoms with Gasteiger partial charge in [0.05, 0.1) is 0 Å². The molecule has 1 unspecified atom stereocenters. The van der Waals surface area contributed by atoms with Gasteiger partial charge in [-0.2, -0.15) is 0 Å². The van der Waals surface area contributed by atoms with E-state index in [2.05, 4.69) is 5.32 Å². The summed E-state index contributed by atoms with van der Waals surface area (Å²) in [5, 5.41) is 11.6. The summed E-state index contributed by atoms with van der Waals surface area (Å²) in [6.07, 6.45) is 2.01. The molecule has 5 nitrogen and oxygen atoms in total. The predicted octanol–water partition coefficient (Wildman–Crippen LogP) is 2.61. The average molecular weight is 296 g/mol. The van der Waals surface area contributed by atoms with E-state index in [9.17, 15) is 14.0 Å². The number of halogens is 1. The molecule has 2 amide bonds. The number of aliphatic carboxylic acids is 1. The average Bonchev–Trinajstić information content (AvgIpc) is 2.45. The van der Waals surface area contributed by atoms with Crippen molar-refractivity contribution in [3.8, 4) is 0 Å². The highest BCUT2D eigenvalue weighted by Crippen LogP contribution is 2.07. The Balaban J connectivity index is 2.56. The lowest BCUT2D eigenvalue weighted by Crippen LogP contribution is -2.46. The first-order valence-corrected chi connectivity index (χ1v) is 6.93. The first-order chi connectivity index (χ1) is 9.93. The number of urea groups is 1. The van der Waals surface area contributed by atoms with E-state index in [4.69, 9.17) is 5.11 Å². The largest absolute Gasteiger partial charge is 0.480 e. The van der Waals surface area contributed by atoms with Crippen LogP contribution in [0.4, 0.5) is 9.18 Å². The van der Waals surface area contributed by atoms with Gasteiger partial charge in [0, 0.05) is 13.6 Å². The molecular weight excluding hydrogens is 275 g/mol. The molecule has 1 rings (SSSR count). The Hall–Kier alpha value is -2.11. The second-order valence-electron chi connectivity index (χ2n) is 4.97. The zero-order valence-electron chi connectivity index (χ0n) is 12.3. The van der Waals surface area contributed by atoms with Crippen molar-refractivity contribution in [2.24, 2.45) is 0 Å². The molecule has 1 atom stereocenters. The van der Waals surface area contributed by atoms with Gasteiger partial charge >= 0.3 is 12.0 Å². The molecule has 0 saturated heterocycles. The highest BCUT2D eigenvalue weighted by Gasteiger charge is 2.21. The number of hydrogen-bond acceptors (Lipinski definition) is 2. The summed E-state index contributed by atoms with van der Waals surface area (Å²) >= 11 is 0. The lowest BCUT2D eigenvalue weighted by Gasteiger charge is -2.21. The van der Waals surface area contributed by atoms with Gasteiger partial charge in [0.25, 0.3) is 0 Å². The van der Waals surface area contributed by atoms with Gasteiger partial charge in [0.2, 0.25) is 0 Å². The van der Waals surface area contributed by atoms with E-state index in [1.54, 1.807) is 19.2 Å². The number of benzene rings is 1. The number of amides is 2. The first-order valence-electron chi connectivity index (χ1n) is 6.93. The van der Waals surface area contributed by atoms with Crippen LogP contribution in [0.1, 0.15) is 31.7 Å². The summed E-state index contributed by atoms with van der Waals surface area (Å²) in [7, 11) is 1.57. The van der Waals surface area contributed by atoms with Crippen LogP contribution in [0.15, 0.2) is 24.3 Å². The van der Waals surface area contributed by atoms with Crippen molar-refractivity contribution in [1.29, 1.82) is 0 Å². The van der Waals surface area contributed by atoms with E-state index >= 15 is 0 Å². The normalized spacial score (nSPS) is 11.8. The topological polar surface area (TPSA) is 69.6 Å². The van der Waals surface area contributed by atoms with Gasteiger partial charge in [0.1, 0.15) is 11.9 Å². The van der Waals surface area contributed by atoms with Crippen LogP contribution in [-0.4, -0.2) is 35.1 Å². The third-order valence-electron chi connectivity index (χ3n) is 3.12. The van der Waals surface area contributed by atoms with Gasteiger partial charge in [0.15, 0.2) is 0 Å². The maximum atomic E-state index is 12.8. The summed E-state index contributed by atoms with van der Waals surface area (Å²) < 4.78 is 12.8. The molecule has 0 radical (unpaired) electrons. The minimum absolute atomic E-state index is 0.284. The Morgan fingerprint density at radius 2 is 1.95 bits per heavy atom. The van der Waals surface area contributed by atoms with Crippen molar-refractivity contribution < 1.29 is 19.1 Å². The summed E-state index contributed by atoms with van der Waals surface area (Å²) in [6.45, 7) is 2.24. The number of rotatable bonds is 7. The van der Waals surface area contributed by atoms with Gasteiger partial charge < -0.3 is 15.3 Å². The molecule has 0 aliphatic rings. The third-order valence-corrected chi connectivity index (χ3v) is 3.12. The van der Waals surface area contributed by atoms with Crippen molar-refractivity contribution in [1.82, 2.24) is 10.2 Å². The standard InChI is InChI=1S/C15H21FN2O3/c1-3-4-5-13(14(19)20)17-15(21)18(2)10-11-6-8-12(16)9-7-11/h6-9,13H,3-5,10H2,1-2H3,(H,17,21)(H,19,20). The smallest absolute Gasteiger partial charge is 0.326 e. The molecule has 0 heterocycles. The second-order valence-corrected chi connectivity index (χ2v) is 4.97. The Bertz CT molecular complexity index is 476. The van der Waals surface area contributed by atoms with Gasteiger partial charge in [-0.25, -0.2) is 14.0 Å². The molecule has 0 aromatic heterocycles. The van der Waals surface area contributed by atoms with E-state index in [-0.39, 0.29) is 12.4 Å². The molecule has 0 aliphatic carbocycles. The summed E-state index contributed by atoms with van der Waals surface area (Å²) in [5.41, 5.74) is 0.773. The van der Waals surface area contributed by atoms with Crippen LogP contribution < -0.4 is 5.32 Å². The molecule has 116 valence electrons. The van der Waals surface area contributed by atoms with E-state index in [0.717, 1.165) is 18.4 Å². The Kier molecular flexibility index (Phi) is 6.65. The minimum Gasteiger partial charge on any atom is -0.480 e. The fourth-order valence-electron chi connectivity index (χ4n) is 1.86. The van der Waals surface area contributed by atoms with Crippen LogP contribution in [-0.2, 0) is 11.3 Å². The Labute approximate surface area is 123 Å². The van der Waals surface area contributed by atoms with Crippen LogP contribution in [0.3, 0.4) is 0 Å². The highest BCUT2D eigenvalue weighted by molar-refractivity contribution is 5.82. The number of carboxylic acid groups (broad SMARTS) is 1. The summed E-state index contributed by atoms with van der Waals surface area (Å²) in [6, 6.07) is 4.48.